The van der Waals surface area contributed by atoms with Crippen LogP contribution in [0.1, 0.15) is 70.1 Å². The largest absolute Gasteiger partial charge is 0.461 e. The zero-order valence-corrected chi connectivity index (χ0v) is 19.4. The molecule has 0 bridgehead atoms. The van der Waals surface area contributed by atoms with Crippen LogP contribution >= 0.6 is 0 Å². The summed E-state index contributed by atoms with van der Waals surface area (Å²) in [6.07, 6.45) is 1.18. The maximum Gasteiger partial charge on any atom is 0.336 e. The van der Waals surface area contributed by atoms with Gasteiger partial charge in [-0.1, -0.05) is 34.6 Å². The smallest absolute Gasteiger partial charge is 0.336 e. The molecule has 0 N–H and O–H groups in total. The van der Waals surface area contributed by atoms with E-state index >= 15 is 0 Å². The number of carbonyl (C=O) groups is 2. The molecule has 1 aliphatic heterocycles. The fraction of sp³-hybridized carbons (Fsp3) is 0.560. The van der Waals surface area contributed by atoms with Gasteiger partial charge in [-0.05, 0) is 48.9 Å². The van der Waals surface area contributed by atoms with Crippen LogP contribution in [0.15, 0.2) is 27.4 Å². The number of ether oxygens (including phenoxy) is 1. The second-order valence-electron chi connectivity index (χ2n) is 9.87. The highest BCUT2D eigenvalue weighted by Gasteiger charge is 2.33. The number of hydrogen-bond donors (Lipinski definition) is 0. The van der Waals surface area contributed by atoms with Crippen molar-refractivity contribution in [3.8, 4) is 0 Å². The van der Waals surface area contributed by atoms with Gasteiger partial charge in [0.25, 0.3) is 0 Å². The van der Waals surface area contributed by atoms with Crippen LogP contribution in [-0.4, -0.2) is 29.9 Å². The number of esters is 1. The molecule has 0 radical (unpaired) electrons. The van der Waals surface area contributed by atoms with Crippen molar-refractivity contribution in [3.63, 3.8) is 0 Å². The normalized spacial score (nSPS) is 15.5. The number of benzene rings is 1. The Morgan fingerprint density at radius 3 is 2.39 bits per heavy atom. The number of aryl methyl sites for hydroxylation is 1. The van der Waals surface area contributed by atoms with E-state index in [0.29, 0.717) is 43.0 Å². The third-order valence-electron chi connectivity index (χ3n) is 5.97. The standard InChI is InChI=1S/C25H33NO5/c1-15(2)19-13-20-18(12-22(27)31-21(20)11-16(19)3)14-30-23(28)17-7-9-26(10-8-17)24(29)25(4,5)6/h11-13,15,17H,7-10,14H2,1-6H3. The average molecular weight is 428 g/mol. The van der Waals surface area contributed by atoms with Crippen LogP contribution < -0.4 is 5.63 Å². The molecule has 1 amide bonds. The van der Waals surface area contributed by atoms with Crippen molar-refractivity contribution in [3.05, 3.63) is 45.3 Å². The van der Waals surface area contributed by atoms with Crippen molar-refractivity contribution in [2.45, 2.75) is 66.9 Å². The van der Waals surface area contributed by atoms with Crippen LogP contribution in [0.25, 0.3) is 11.0 Å². The van der Waals surface area contributed by atoms with Gasteiger partial charge in [0.15, 0.2) is 0 Å². The molecular weight excluding hydrogens is 394 g/mol. The SMILES string of the molecule is Cc1cc2oc(=O)cc(COC(=O)C3CCN(C(=O)C(C)(C)C)CC3)c2cc1C(C)C. The fourth-order valence-electron chi connectivity index (χ4n) is 4.19. The predicted molar refractivity (Wildman–Crippen MR) is 120 cm³/mol. The van der Waals surface area contributed by atoms with Crippen molar-refractivity contribution >= 4 is 22.8 Å². The molecule has 0 saturated carbocycles. The van der Waals surface area contributed by atoms with Gasteiger partial charge in [0.05, 0.1) is 5.92 Å². The summed E-state index contributed by atoms with van der Waals surface area (Å²) in [5.74, 6) is -0.0740. The van der Waals surface area contributed by atoms with Crippen molar-refractivity contribution in [2.75, 3.05) is 13.1 Å². The van der Waals surface area contributed by atoms with E-state index in [2.05, 4.69) is 13.8 Å². The number of likely N-dealkylation sites (tertiary alicyclic amines) is 1. The summed E-state index contributed by atoms with van der Waals surface area (Å²) >= 11 is 0. The van der Waals surface area contributed by atoms with E-state index in [4.69, 9.17) is 9.15 Å². The van der Waals surface area contributed by atoms with Crippen molar-refractivity contribution in [2.24, 2.45) is 11.3 Å². The molecule has 1 saturated heterocycles. The Bertz CT molecular complexity index is 1040. The lowest BCUT2D eigenvalue weighted by molar-refractivity contribution is -0.154. The monoisotopic (exact) mass is 427 g/mol. The molecule has 2 aromatic rings. The molecule has 0 unspecified atom stereocenters. The number of hydrogen-bond acceptors (Lipinski definition) is 5. The number of amides is 1. The summed E-state index contributed by atoms with van der Waals surface area (Å²) in [6.45, 7) is 13.1. The molecule has 6 nitrogen and oxygen atoms in total. The minimum absolute atomic E-state index is 0.0304. The van der Waals surface area contributed by atoms with Gasteiger partial charge in [-0.2, -0.15) is 0 Å². The molecule has 1 fully saturated rings. The van der Waals surface area contributed by atoms with Crippen LogP contribution in [0.2, 0.25) is 0 Å². The third-order valence-corrected chi connectivity index (χ3v) is 5.97. The van der Waals surface area contributed by atoms with Crippen LogP contribution in [0, 0.1) is 18.3 Å². The lowest BCUT2D eigenvalue weighted by Gasteiger charge is -2.34. The average Bonchev–Trinajstić information content (AvgIpc) is 2.69. The molecular formula is C25H33NO5. The molecule has 6 heteroatoms. The Balaban J connectivity index is 1.70. The van der Waals surface area contributed by atoms with Gasteiger partial charge in [-0.15, -0.1) is 0 Å². The van der Waals surface area contributed by atoms with Gasteiger partial charge in [0.1, 0.15) is 12.2 Å². The van der Waals surface area contributed by atoms with E-state index in [-0.39, 0.29) is 24.4 Å². The molecule has 3 rings (SSSR count). The number of rotatable bonds is 4. The topological polar surface area (TPSA) is 76.8 Å². The number of fused-ring (bicyclic) bond motifs is 1. The maximum absolute atomic E-state index is 12.7. The quantitative estimate of drug-likeness (QED) is 0.528. The summed E-state index contributed by atoms with van der Waals surface area (Å²) in [5, 5.41) is 0.798. The van der Waals surface area contributed by atoms with Gasteiger partial charge in [-0.3, -0.25) is 9.59 Å². The van der Waals surface area contributed by atoms with Crippen LogP contribution in [0.4, 0.5) is 0 Å². The van der Waals surface area contributed by atoms with Crippen molar-refractivity contribution in [1.82, 2.24) is 4.90 Å². The highest BCUT2D eigenvalue weighted by atomic mass is 16.5. The Morgan fingerprint density at radius 2 is 1.81 bits per heavy atom. The summed E-state index contributed by atoms with van der Waals surface area (Å²) in [6, 6.07) is 5.30. The van der Waals surface area contributed by atoms with Crippen LogP contribution in [-0.2, 0) is 20.9 Å². The Morgan fingerprint density at radius 1 is 1.16 bits per heavy atom. The van der Waals surface area contributed by atoms with Crippen LogP contribution in [0.3, 0.4) is 0 Å². The number of carbonyl (C=O) groups excluding carboxylic acids is 2. The second kappa shape index (κ2) is 8.85. The zero-order chi connectivity index (χ0) is 22.9. The lowest BCUT2D eigenvalue weighted by atomic mass is 9.91. The minimum Gasteiger partial charge on any atom is -0.461 e. The first-order chi connectivity index (χ1) is 14.5. The van der Waals surface area contributed by atoms with E-state index in [0.717, 1.165) is 10.9 Å². The van der Waals surface area contributed by atoms with Gasteiger partial charge in [-0.25, -0.2) is 4.79 Å². The number of piperidine rings is 1. The van der Waals surface area contributed by atoms with E-state index in [9.17, 15) is 14.4 Å². The molecule has 31 heavy (non-hydrogen) atoms. The fourth-order valence-corrected chi connectivity index (χ4v) is 4.19. The first-order valence-corrected chi connectivity index (χ1v) is 11.0. The van der Waals surface area contributed by atoms with E-state index in [1.54, 1.807) is 0 Å². The first-order valence-electron chi connectivity index (χ1n) is 11.0. The van der Waals surface area contributed by atoms with E-state index < -0.39 is 11.0 Å². The minimum atomic E-state index is -0.454. The Kier molecular flexibility index (Phi) is 6.58. The molecule has 1 aromatic carbocycles. The third kappa shape index (κ3) is 5.17. The van der Waals surface area contributed by atoms with Gasteiger partial charge >= 0.3 is 11.6 Å². The summed E-state index contributed by atoms with van der Waals surface area (Å²) in [5.41, 5.74) is 2.53. The summed E-state index contributed by atoms with van der Waals surface area (Å²) in [7, 11) is 0. The maximum atomic E-state index is 12.7. The first kappa shape index (κ1) is 23.0. The molecule has 168 valence electrons. The second-order valence-corrected chi connectivity index (χ2v) is 9.87. The zero-order valence-electron chi connectivity index (χ0n) is 19.4. The van der Waals surface area contributed by atoms with E-state index in [1.165, 1.54) is 11.6 Å². The van der Waals surface area contributed by atoms with Gasteiger partial charge in [0, 0.05) is 35.5 Å². The highest BCUT2D eigenvalue weighted by molar-refractivity contribution is 5.83. The van der Waals surface area contributed by atoms with Crippen molar-refractivity contribution < 1.29 is 18.7 Å². The molecule has 0 spiro atoms. The number of nitrogens with zero attached hydrogens (tertiary/aromatic N) is 1. The lowest BCUT2D eigenvalue weighted by Crippen LogP contribution is -2.45. The highest BCUT2D eigenvalue weighted by Crippen LogP contribution is 2.28. The van der Waals surface area contributed by atoms with Gasteiger partial charge in [0.2, 0.25) is 5.91 Å². The molecule has 0 atom stereocenters. The Labute approximate surface area is 183 Å². The molecule has 0 aliphatic carbocycles. The summed E-state index contributed by atoms with van der Waals surface area (Å²) < 4.78 is 11.0. The Hall–Kier alpha value is -2.63. The summed E-state index contributed by atoms with van der Waals surface area (Å²) in [4.78, 5) is 38.9. The van der Waals surface area contributed by atoms with Crippen molar-refractivity contribution in [1.29, 1.82) is 0 Å². The van der Waals surface area contributed by atoms with Crippen LogP contribution in [0.5, 0.6) is 0 Å². The van der Waals surface area contributed by atoms with E-state index in [1.807, 2.05) is 44.7 Å². The molecule has 2 heterocycles. The van der Waals surface area contributed by atoms with Gasteiger partial charge < -0.3 is 14.1 Å². The molecule has 1 aliphatic rings. The molecule has 1 aromatic heterocycles. The predicted octanol–water partition coefficient (Wildman–Crippen LogP) is 4.55.